The maximum absolute atomic E-state index is 13.4. The summed E-state index contributed by atoms with van der Waals surface area (Å²) >= 11 is 0. The van der Waals surface area contributed by atoms with Crippen molar-refractivity contribution in [3.63, 3.8) is 0 Å². The lowest BCUT2D eigenvalue weighted by Crippen LogP contribution is -2.61. The lowest BCUT2D eigenvalue weighted by molar-refractivity contribution is -0.305. The van der Waals surface area contributed by atoms with E-state index in [1.807, 2.05) is 54.7 Å². The highest BCUT2D eigenvalue weighted by Crippen LogP contribution is 2.26. The minimum atomic E-state index is -1.63. The second kappa shape index (κ2) is 49.0. The van der Waals surface area contributed by atoms with Crippen LogP contribution in [0.5, 0.6) is 0 Å². The highest BCUT2D eigenvalue weighted by molar-refractivity contribution is 5.80. The zero-order chi connectivity index (χ0) is 52.5. The van der Waals surface area contributed by atoms with Gasteiger partial charge in [0.25, 0.3) is 0 Å². The van der Waals surface area contributed by atoms with E-state index in [1.165, 1.54) is 128 Å². The van der Waals surface area contributed by atoms with Crippen molar-refractivity contribution in [1.82, 2.24) is 5.32 Å². The fraction of sp³-hybridized carbons (Fsp3) is 0.770. The van der Waals surface area contributed by atoms with Gasteiger partial charge >= 0.3 is 5.97 Å². The van der Waals surface area contributed by atoms with Crippen LogP contribution in [-0.2, 0) is 23.8 Å². The van der Waals surface area contributed by atoms with Crippen molar-refractivity contribution in [2.75, 3.05) is 13.2 Å². The van der Waals surface area contributed by atoms with Crippen molar-refractivity contribution in [2.24, 2.45) is 0 Å². The number of rotatable bonds is 48. The van der Waals surface area contributed by atoms with Gasteiger partial charge in [-0.2, -0.15) is 0 Å². The maximum Gasteiger partial charge on any atom is 0.306 e. The van der Waals surface area contributed by atoms with Gasteiger partial charge in [0.15, 0.2) is 12.4 Å². The number of unbranched alkanes of at least 4 members (excludes halogenated alkanes) is 28. The summed E-state index contributed by atoms with van der Waals surface area (Å²) in [6.07, 6.45) is 50.8. The summed E-state index contributed by atoms with van der Waals surface area (Å²) < 4.78 is 17.5. The lowest BCUT2D eigenvalue weighted by Gasteiger charge is -2.41. The van der Waals surface area contributed by atoms with Crippen molar-refractivity contribution < 1.29 is 49.3 Å². The van der Waals surface area contributed by atoms with Crippen molar-refractivity contribution in [3.05, 3.63) is 72.9 Å². The predicted octanol–water partition coefficient (Wildman–Crippen LogP) is 13.2. The molecule has 0 aromatic carbocycles. The maximum atomic E-state index is 13.4. The van der Waals surface area contributed by atoms with E-state index in [9.17, 15) is 35.1 Å². The van der Waals surface area contributed by atoms with Gasteiger partial charge in [-0.3, -0.25) is 9.59 Å². The van der Waals surface area contributed by atoms with Crippen molar-refractivity contribution in [2.45, 2.75) is 288 Å². The Kier molecular flexibility index (Phi) is 45.7. The Morgan fingerprint density at radius 2 is 1.00 bits per heavy atom. The topological polar surface area (TPSA) is 175 Å². The zero-order valence-electron chi connectivity index (χ0n) is 45.8. The number of carbonyl (C=O) groups is 2. The van der Waals surface area contributed by atoms with Crippen LogP contribution in [0.25, 0.3) is 0 Å². The van der Waals surface area contributed by atoms with E-state index in [0.29, 0.717) is 12.8 Å². The molecule has 416 valence electrons. The van der Waals surface area contributed by atoms with Gasteiger partial charge in [0.2, 0.25) is 5.91 Å². The number of allylic oxidation sites excluding steroid dienone is 11. The van der Waals surface area contributed by atoms with Gasteiger partial charge in [0.05, 0.1) is 25.4 Å². The van der Waals surface area contributed by atoms with Crippen LogP contribution >= 0.6 is 0 Å². The molecule has 0 saturated carbocycles. The first-order valence-corrected chi connectivity index (χ1v) is 29.3. The first-order valence-electron chi connectivity index (χ1n) is 29.3. The summed E-state index contributed by atoms with van der Waals surface area (Å²) in [5, 5.41) is 56.8. The number of esters is 1. The van der Waals surface area contributed by atoms with Crippen molar-refractivity contribution in [1.29, 1.82) is 0 Å². The molecule has 11 heteroatoms. The Morgan fingerprint density at radius 3 is 1.50 bits per heavy atom. The number of hydrogen-bond acceptors (Lipinski definition) is 10. The number of nitrogens with one attached hydrogen (secondary N) is 1. The fourth-order valence-electron chi connectivity index (χ4n) is 8.85. The molecule has 11 nitrogen and oxygen atoms in total. The van der Waals surface area contributed by atoms with Crippen LogP contribution < -0.4 is 5.32 Å². The average Bonchev–Trinajstić information content (AvgIpc) is 3.38. The Hall–Kier alpha value is -2.90. The van der Waals surface area contributed by atoms with Crippen molar-refractivity contribution >= 4 is 11.9 Å². The smallest absolute Gasteiger partial charge is 0.306 e. The van der Waals surface area contributed by atoms with Gasteiger partial charge in [-0.25, -0.2) is 0 Å². The molecule has 8 unspecified atom stereocenters. The highest BCUT2D eigenvalue weighted by Gasteiger charge is 2.47. The standard InChI is InChI=1S/C61H107NO10/c1-4-7-10-13-16-19-22-25-27-29-30-33-36-39-42-45-48-54(65)60(69)62-52(53(64)47-44-41-38-35-32-24-21-18-15-12-9-6-3)51-70-61-59(58(68)57(67)55(50-63)71-61)72-56(66)49-46-43-40-37-34-31-28-26-23-20-17-14-11-8-5-2/h8,11,14,17,20,23,26,28,31,34,44,47,52-55,57-59,61,63-65,67-68H,4-7,9-10,12-13,15-16,18-19,21-22,24-25,27,29-30,32-33,35-43,45-46,48-51H2,1-3H3,(H,62,69)/b11-8+,17-14+,23-20-,28-26-,34-31+,47-44+. The van der Waals surface area contributed by atoms with Gasteiger partial charge in [-0.05, 0) is 44.9 Å². The summed E-state index contributed by atoms with van der Waals surface area (Å²) in [5.74, 6) is -1.24. The van der Waals surface area contributed by atoms with E-state index in [4.69, 9.17) is 14.2 Å². The molecular formula is C61H107NO10. The van der Waals surface area contributed by atoms with Gasteiger partial charge in [-0.15, -0.1) is 0 Å². The number of hydrogen-bond donors (Lipinski definition) is 6. The van der Waals surface area contributed by atoms with Gasteiger partial charge in [0.1, 0.15) is 24.4 Å². The van der Waals surface area contributed by atoms with E-state index < -0.39 is 67.4 Å². The van der Waals surface area contributed by atoms with E-state index in [1.54, 1.807) is 6.08 Å². The molecule has 0 radical (unpaired) electrons. The molecule has 1 aliphatic heterocycles. The van der Waals surface area contributed by atoms with Gasteiger partial charge < -0.3 is 45.1 Å². The molecule has 1 aliphatic rings. The monoisotopic (exact) mass is 1010 g/mol. The SMILES string of the molecule is CC/C=C/C=C/C=C\C=C/C=C/CCCCCC(=O)OC1C(OCC(NC(=O)C(O)CCCCCCCCCCCCCCCCCC)C(O)/C=C/CCCCCCCCCCCC)OC(CO)C(O)C1O. The fourth-order valence-corrected chi connectivity index (χ4v) is 8.85. The molecule has 0 bridgehead atoms. The summed E-state index contributed by atoms with van der Waals surface area (Å²) in [7, 11) is 0. The van der Waals surface area contributed by atoms with E-state index in [-0.39, 0.29) is 19.4 Å². The minimum absolute atomic E-state index is 0.0728. The third-order valence-corrected chi connectivity index (χ3v) is 13.5. The molecule has 0 aromatic heterocycles. The lowest BCUT2D eigenvalue weighted by atomic mass is 9.99. The summed E-state index contributed by atoms with van der Waals surface area (Å²) in [4.78, 5) is 26.5. The van der Waals surface area contributed by atoms with Crippen LogP contribution in [0.3, 0.4) is 0 Å². The quantitative estimate of drug-likeness (QED) is 0.0149. The van der Waals surface area contributed by atoms with Crippen LogP contribution in [0.4, 0.5) is 0 Å². The predicted molar refractivity (Wildman–Crippen MR) is 296 cm³/mol. The number of carbonyl (C=O) groups excluding carboxylic acids is 2. The Balaban J connectivity index is 2.75. The van der Waals surface area contributed by atoms with Crippen LogP contribution in [0, 0.1) is 0 Å². The van der Waals surface area contributed by atoms with Crippen LogP contribution in [-0.4, -0.2) is 99.6 Å². The van der Waals surface area contributed by atoms with Gasteiger partial charge in [-0.1, -0.05) is 261 Å². The van der Waals surface area contributed by atoms with E-state index >= 15 is 0 Å². The molecule has 8 atom stereocenters. The number of aliphatic hydroxyl groups is 5. The van der Waals surface area contributed by atoms with Crippen LogP contribution in [0.1, 0.15) is 239 Å². The number of amides is 1. The molecule has 1 amide bonds. The first-order chi connectivity index (χ1) is 35.2. The molecule has 1 fully saturated rings. The number of aliphatic hydroxyl groups excluding tert-OH is 5. The van der Waals surface area contributed by atoms with Crippen LogP contribution in [0.15, 0.2) is 72.9 Å². The van der Waals surface area contributed by atoms with Crippen LogP contribution in [0.2, 0.25) is 0 Å². The molecule has 72 heavy (non-hydrogen) atoms. The van der Waals surface area contributed by atoms with Gasteiger partial charge in [0, 0.05) is 6.42 Å². The molecular weight excluding hydrogens is 907 g/mol. The Labute approximate surface area is 439 Å². The minimum Gasteiger partial charge on any atom is -0.454 e. The third kappa shape index (κ3) is 36.9. The van der Waals surface area contributed by atoms with Crippen molar-refractivity contribution in [3.8, 4) is 0 Å². The Morgan fingerprint density at radius 1 is 0.556 bits per heavy atom. The summed E-state index contributed by atoms with van der Waals surface area (Å²) in [6.45, 7) is 5.61. The first kappa shape index (κ1) is 67.1. The average molecular weight is 1010 g/mol. The molecule has 0 aliphatic carbocycles. The van der Waals surface area contributed by atoms with E-state index in [2.05, 4.69) is 38.2 Å². The third-order valence-electron chi connectivity index (χ3n) is 13.5. The second-order valence-electron chi connectivity index (χ2n) is 20.1. The summed E-state index contributed by atoms with van der Waals surface area (Å²) in [5.41, 5.74) is 0. The largest absolute Gasteiger partial charge is 0.454 e. The molecule has 1 rings (SSSR count). The second-order valence-corrected chi connectivity index (χ2v) is 20.1. The normalized spacial score (nSPS) is 20.0. The molecule has 0 spiro atoms. The number of ether oxygens (including phenoxy) is 3. The molecule has 0 aromatic rings. The zero-order valence-corrected chi connectivity index (χ0v) is 45.8. The molecule has 1 heterocycles. The molecule has 6 N–H and O–H groups in total. The highest BCUT2D eigenvalue weighted by atomic mass is 16.7. The summed E-state index contributed by atoms with van der Waals surface area (Å²) in [6, 6.07) is -1.03. The van der Waals surface area contributed by atoms with E-state index in [0.717, 1.165) is 64.2 Å². The molecule has 1 saturated heterocycles. The Bertz CT molecular complexity index is 1440.